The van der Waals surface area contributed by atoms with Crippen LogP contribution in [0.3, 0.4) is 0 Å². The monoisotopic (exact) mass is 598 g/mol. The molecule has 0 amide bonds. The molecule has 0 radical (unpaired) electrons. The summed E-state index contributed by atoms with van der Waals surface area (Å²) in [5.74, 6) is 1.52. The molecule has 0 heteroatoms. The highest BCUT2D eigenvalue weighted by Crippen LogP contribution is 2.80. The second kappa shape index (κ2) is 8.92. The zero-order chi connectivity index (χ0) is 32.1. The van der Waals surface area contributed by atoms with Crippen LogP contribution in [0.15, 0.2) is 84.9 Å². The van der Waals surface area contributed by atoms with E-state index in [2.05, 4.69) is 147 Å². The van der Waals surface area contributed by atoms with Gasteiger partial charge < -0.3 is 0 Å². The van der Waals surface area contributed by atoms with Crippen molar-refractivity contribution >= 4 is 32.3 Å². The molecule has 0 aliphatic heterocycles. The summed E-state index contributed by atoms with van der Waals surface area (Å²) in [5.41, 5.74) is 15.7. The summed E-state index contributed by atoms with van der Waals surface area (Å²) in [5, 5.41) is 8.63. The van der Waals surface area contributed by atoms with Gasteiger partial charge in [-0.2, -0.15) is 0 Å². The zero-order valence-electron chi connectivity index (χ0n) is 29.0. The molecule has 0 N–H and O–H groups in total. The van der Waals surface area contributed by atoms with E-state index in [0.717, 1.165) is 0 Å². The minimum atomic E-state index is 0.0536. The van der Waals surface area contributed by atoms with Gasteiger partial charge in [-0.1, -0.05) is 120 Å². The molecule has 9 rings (SSSR count). The van der Waals surface area contributed by atoms with Crippen molar-refractivity contribution in [2.75, 3.05) is 0 Å². The Kier molecular flexibility index (Phi) is 5.49. The molecule has 3 unspecified atom stereocenters. The van der Waals surface area contributed by atoms with Crippen molar-refractivity contribution in [2.24, 2.45) is 5.41 Å². The van der Waals surface area contributed by atoms with Crippen LogP contribution in [-0.4, -0.2) is 0 Å². The molecular weight excluding hydrogens is 553 g/mol. The lowest BCUT2D eigenvalue weighted by Crippen LogP contribution is -2.51. The topological polar surface area (TPSA) is 0 Å². The van der Waals surface area contributed by atoms with Gasteiger partial charge in [0.1, 0.15) is 0 Å². The Hall–Kier alpha value is -3.90. The molecule has 6 aromatic rings. The Bertz CT molecular complexity index is 2300. The maximum absolute atomic E-state index is 2.66. The smallest absolute Gasteiger partial charge is 0.00884 e. The molecule has 0 saturated heterocycles. The summed E-state index contributed by atoms with van der Waals surface area (Å²) in [4.78, 5) is 0. The van der Waals surface area contributed by atoms with Crippen LogP contribution < -0.4 is 0 Å². The summed E-state index contributed by atoms with van der Waals surface area (Å²) >= 11 is 0. The Morgan fingerprint density at radius 1 is 0.630 bits per heavy atom. The van der Waals surface area contributed by atoms with Gasteiger partial charge in [-0.15, -0.1) is 0 Å². The minimum absolute atomic E-state index is 0.0536. The predicted octanol–water partition coefficient (Wildman–Crippen LogP) is 12.7. The average Bonchev–Trinajstić information content (AvgIpc) is 3.12. The molecular formula is C46H46. The lowest BCUT2D eigenvalue weighted by molar-refractivity contribution is 0.130. The summed E-state index contributed by atoms with van der Waals surface area (Å²) < 4.78 is 0. The molecule has 3 aliphatic carbocycles. The van der Waals surface area contributed by atoms with Gasteiger partial charge in [-0.25, -0.2) is 0 Å². The van der Waals surface area contributed by atoms with Gasteiger partial charge in [0.15, 0.2) is 0 Å². The minimum Gasteiger partial charge on any atom is -0.0616 e. The Morgan fingerprint density at radius 2 is 1.26 bits per heavy atom. The second-order valence-corrected chi connectivity index (χ2v) is 17.1. The van der Waals surface area contributed by atoms with Crippen LogP contribution in [0.2, 0.25) is 0 Å². The lowest BCUT2D eigenvalue weighted by Gasteiger charge is -2.59. The molecule has 230 valence electrons. The van der Waals surface area contributed by atoms with Gasteiger partial charge in [0.05, 0.1) is 0 Å². The molecule has 3 aliphatic rings. The van der Waals surface area contributed by atoms with Crippen molar-refractivity contribution in [1.82, 2.24) is 0 Å². The first-order valence-corrected chi connectivity index (χ1v) is 17.5. The third-order valence-corrected chi connectivity index (χ3v) is 12.9. The lowest BCUT2D eigenvalue weighted by atomic mass is 9.44. The van der Waals surface area contributed by atoms with Crippen molar-refractivity contribution in [3.8, 4) is 11.1 Å². The number of hydrogen-bond acceptors (Lipinski definition) is 0. The molecule has 2 bridgehead atoms. The molecule has 0 nitrogen and oxygen atoms in total. The van der Waals surface area contributed by atoms with Crippen LogP contribution in [-0.2, 0) is 10.8 Å². The SMILES string of the molecule is Cc1ccc2ccccc2c1-c1c(C)c2c3c4c(cc(C(C)(C)C)cc14)C1C[C@@]2(C(C)(C)C)C3C1c1c(C)ccc2ccccc12. The number of hydrogen-bond donors (Lipinski definition) is 0. The van der Waals surface area contributed by atoms with Crippen molar-refractivity contribution in [2.45, 2.75) is 97.3 Å². The van der Waals surface area contributed by atoms with Gasteiger partial charge in [-0.3, -0.25) is 0 Å². The average molecular weight is 599 g/mol. The van der Waals surface area contributed by atoms with Gasteiger partial charge in [0.2, 0.25) is 0 Å². The van der Waals surface area contributed by atoms with Crippen molar-refractivity contribution < 1.29 is 0 Å². The van der Waals surface area contributed by atoms with Crippen LogP contribution in [0.4, 0.5) is 0 Å². The molecule has 0 heterocycles. The van der Waals surface area contributed by atoms with E-state index in [1.807, 2.05) is 0 Å². The van der Waals surface area contributed by atoms with Crippen molar-refractivity contribution in [1.29, 1.82) is 0 Å². The fourth-order valence-corrected chi connectivity index (χ4v) is 10.9. The fraction of sp³-hybridized carbons (Fsp3) is 0.348. The van der Waals surface area contributed by atoms with E-state index < -0.39 is 0 Å². The maximum atomic E-state index is 2.66. The number of aryl methyl sites for hydroxylation is 2. The molecule has 4 atom stereocenters. The summed E-state index contributed by atoms with van der Waals surface area (Å²) in [7, 11) is 0. The van der Waals surface area contributed by atoms with E-state index in [4.69, 9.17) is 0 Å². The molecule has 1 saturated carbocycles. The second-order valence-electron chi connectivity index (χ2n) is 17.1. The van der Waals surface area contributed by atoms with E-state index >= 15 is 0 Å². The summed E-state index contributed by atoms with van der Waals surface area (Å²) in [6.07, 6.45) is 1.23. The fourth-order valence-electron chi connectivity index (χ4n) is 10.9. The van der Waals surface area contributed by atoms with Gasteiger partial charge in [0.25, 0.3) is 0 Å². The summed E-state index contributed by atoms with van der Waals surface area (Å²) in [6.45, 7) is 22.0. The van der Waals surface area contributed by atoms with E-state index in [1.54, 1.807) is 27.6 Å². The Balaban J connectivity index is 1.46. The normalized spacial score (nSPS) is 23.1. The standard InChI is InChI=1S/C46H46/c1-25-18-20-28-14-10-12-16-31(28)36(25)38-27(3)42-41-39-33(22-30(23-34(38)39)44(4,5)6)35-24-46(42,45(7,8)9)43(41)40(35)37-26(2)19-21-29-15-11-13-17-32(29)37/h10-23,35,40,43H,24H2,1-9H3/t35?,40?,43?,46-/m0/s1. The zero-order valence-corrected chi connectivity index (χ0v) is 29.0. The van der Waals surface area contributed by atoms with E-state index in [-0.39, 0.29) is 16.2 Å². The quantitative estimate of drug-likeness (QED) is 0.186. The van der Waals surface area contributed by atoms with Gasteiger partial charge >= 0.3 is 0 Å². The first-order valence-electron chi connectivity index (χ1n) is 17.5. The third-order valence-electron chi connectivity index (χ3n) is 12.9. The predicted molar refractivity (Wildman–Crippen MR) is 198 cm³/mol. The highest BCUT2D eigenvalue weighted by atomic mass is 14.7. The van der Waals surface area contributed by atoms with E-state index in [9.17, 15) is 0 Å². The summed E-state index contributed by atoms with van der Waals surface area (Å²) in [6, 6.07) is 32.8. The Morgan fingerprint density at radius 3 is 1.93 bits per heavy atom. The first-order chi connectivity index (χ1) is 21.8. The van der Waals surface area contributed by atoms with Gasteiger partial charge in [-0.05, 0) is 144 Å². The van der Waals surface area contributed by atoms with E-state index in [1.165, 1.54) is 66.7 Å². The molecule has 0 aromatic heterocycles. The molecule has 46 heavy (non-hydrogen) atoms. The van der Waals surface area contributed by atoms with Crippen LogP contribution in [0.25, 0.3) is 43.4 Å². The largest absolute Gasteiger partial charge is 0.0616 e. The van der Waals surface area contributed by atoms with Crippen LogP contribution in [0.1, 0.15) is 110 Å². The van der Waals surface area contributed by atoms with E-state index in [0.29, 0.717) is 17.8 Å². The van der Waals surface area contributed by atoms with Gasteiger partial charge in [0, 0.05) is 11.3 Å². The highest BCUT2D eigenvalue weighted by Gasteiger charge is 2.70. The van der Waals surface area contributed by atoms with Crippen LogP contribution in [0.5, 0.6) is 0 Å². The number of benzene rings is 6. The molecule has 0 spiro atoms. The van der Waals surface area contributed by atoms with Crippen molar-refractivity contribution in [3.63, 3.8) is 0 Å². The number of fused-ring (bicyclic) bond motifs is 5. The third kappa shape index (κ3) is 3.31. The van der Waals surface area contributed by atoms with Crippen molar-refractivity contribution in [3.05, 3.63) is 129 Å². The molecule has 6 aromatic carbocycles. The Labute approximate surface area is 274 Å². The highest BCUT2D eigenvalue weighted by molar-refractivity contribution is 6.12. The number of rotatable bonds is 2. The maximum Gasteiger partial charge on any atom is 0.00884 e. The first kappa shape index (κ1) is 28.3. The molecule has 1 fully saturated rings. The van der Waals surface area contributed by atoms with Crippen LogP contribution in [0, 0.1) is 26.2 Å². The van der Waals surface area contributed by atoms with Crippen LogP contribution >= 0.6 is 0 Å².